The Labute approximate surface area is 130 Å². The number of hydrogen-bond acceptors (Lipinski definition) is 3. The molecule has 2 N–H and O–H groups in total. The fourth-order valence-electron chi connectivity index (χ4n) is 1.90. The molecule has 0 aromatic carbocycles. The van der Waals surface area contributed by atoms with Crippen LogP contribution in [0.2, 0.25) is 0 Å². The summed E-state index contributed by atoms with van der Waals surface area (Å²) >= 11 is 0. The molecule has 0 heterocycles. The van der Waals surface area contributed by atoms with Crippen molar-refractivity contribution in [2.45, 2.75) is 53.6 Å². The maximum Gasteiger partial charge on any atom is 0.191 e. The van der Waals surface area contributed by atoms with Crippen LogP contribution in [0.3, 0.4) is 0 Å². The Bertz CT molecular complexity index is 275. The highest BCUT2D eigenvalue weighted by atomic mass is 16.5. The van der Waals surface area contributed by atoms with Crippen molar-refractivity contribution in [3.63, 3.8) is 0 Å². The summed E-state index contributed by atoms with van der Waals surface area (Å²) in [7, 11) is 1.75. The van der Waals surface area contributed by atoms with Gasteiger partial charge in [-0.05, 0) is 32.1 Å². The fourth-order valence-corrected chi connectivity index (χ4v) is 1.90. The van der Waals surface area contributed by atoms with Crippen molar-refractivity contribution in [2.75, 3.05) is 40.0 Å². The highest BCUT2D eigenvalue weighted by Gasteiger charge is 2.23. The molecule has 0 fully saturated rings. The van der Waals surface area contributed by atoms with E-state index in [4.69, 9.17) is 9.47 Å². The van der Waals surface area contributed by atoms with E-state index < -0.39 is 0 Å². The second kappa shape index (κ2) is 11.8. The van der Waals surface area contributed by atoms with Gasteiger partial charge in [0.25, 0.3) is 0 Å². The van der Waals surface area contributed by atoms with Crippen molar-refractivity contribution in [1.29, 1.82) is 0 Å². The average molecular weight is 301 g/mol. The van der Waals surface area contributed by atoms with Crippen molar-refractivity contribution < 1.29 is 9.47 Å². The van der Waals surface area contributed by atoms with E-state index in [9.17, 15) is 0 Å². The summed E-state index contributed by atoms with van der Waals surface area (Å²) in [5.74, 6) is 0.861. The van der Waals surface area contributed by atoms with E-state index in [0.29, 0.717) is 6.54 Å². The molecule has 0 amide bonds. The molecule has 5 heteroatoms. The fraction of sp³-hybridized carbons (Fsp3) is 0.938. The molecule has 0 aliphatic rings. The van der Waals surface area contributed by atoms with Crippen molar-refractivity contribution in [1.82, 2.24) is 10.6 Å². The second-order valence-electron chi connectivity index (χ2n) is 6.14. The van der Waals surface area contributed by atoms with Crippen LogP contribution in [0.25, 0.3) is 0 Å². The molecule has 21 heavy (non-hydrogen) atoms. The van der Waals surface area contributed by atoms with Gasteiger partial charge in [-0.2, -0.15) is 0 Å². The van der Waals surface area contributed by atoms with Gasteiger partial charge in [0.05, 0.1) is 12.6 Å². The van der Waals surface area contributed by atoms with Crippen molar-refractivity contribution in [3.8, 4) is 0 Å². The number of hydrogen-bond donors (Lipinski definition) is 2. The minimum absolute atomic E-state index is 0.0903. The Hall–Kier alpha value is -0.810. The number of unbranched alkanes of at least 4 members (excludes halogenated alkanes) is 1. The first-order valence-corrected chi connectivity index (χ1v) is 8.08. The maximum absolute atomic E-state index is 5.53. The number of methoxy groups -OCH3 is 1. The molecule has 1 unspecified atom stereocenters. The highest BCUT2D eigenvalue weighted by Crippen LogP contribution is 2.21. The molecule has 0 bridgehead atoms. The van der Waals surface area contributed by atoms with E-state index in [1.165, 1.54) is 0 Å². The largest absolute Gasteiger partial charge is 0.382 e. The quantitative estimate of drug-likeness (QED) is 0.370. The lowest BCUT2D eigenvalue weighted by Crippen LogP contribution is -2.39. The number of nitrogens with one attached hydrogen (secondary N) is 2. The zero-order valence-corrected chi connectivity index (χ0v) is 14.8. The normalized spacial score (nSPS) is 14.1. The topological polar surface area (TPSA) is 54.9 Å². The summed E-state index contributed by atoms with van der Waals surface area (Å²) < 4.78 is 10.9. The lowest BCUT2D eigenvalue weighted by atomic mass is 9.89. The Balaban J connectivity index is 4.17. The molecule has 0 aliphatic carbocycles. The van der Waals surface area contributed by atoms with Gasteiger partial charge in [-0.1, -0.05) is 20.8 Å². The predicted octanol–water partition coefficient (Wildman–Crippen LogP) is 2.42. The number of nitrogens with zero attached hydrogens (tertiary/aromatic N) is 1. The van der Waals surface area contributed by atoms with Gasteiger partial charge in [0.2, 0.25) is 0 Å². The molecule has 0 aromatic heterocycles. The van der Waals surface area contributed by atoms with E-state index in [0.717, 1.165) is 45.1 Å². The van der Waals surface area contributed by atoms with E-state index in [1.807, 2.05) is 6.92 Å². The Morgan fingerprint density at radius 1 is 1.14 bits per heavy atom. The smallest absolute Gasteiger partial charge is 0.191 e. The van der Waals surface area contributed by atoms with Gasteiger partial charge in [-0.15, -0.1) is 0 Å². The molecule has 0 rings (SSSR count). The highest BCUT2D eigenvalue weighted by molar-refractivity contribution is 5.79. The van der Waals surface area contributed by atoms with Crippen LogP contribution in [0.15, 0.2) is 4.99 Å². The molecular formula is C16H35N3O2. The number of aliphatic imine (C=N–C) groups is 1. The van der Waals surface area contributed by atoms with E-state index >= 15 is 0 Å². The zero-order chi connectivity index (χ0) is 16.1. The summed E-state index contributed by atoms with van der Waals surface area (Å²) in [6.45, 7) is 14.7. The van der Waals surface area contributed by atoms with Gasteiger partial charge >= 0.3 is 0 Å². The minimum Gasteiger partial charge on any atom is -0.382 e. The van der Waals surface area contributed by atoms with Crippen molar-refractivity contribution in [3.05, 3.63) is 0 Å². The van der Waals surface area contributed by atoms with Crippen LogP contribution in [0.1, 0.15) is 47.5 Å². The van der Waals surface area contributed by atoms with Gasteiger partial charge < -0.3 is 20.1 Å². The number of guanidine groups is 1. The molecule has 0 radical (unpaired) electrons. The Morgan fingerprint density at radius 2 is 1.86 bits per heavy atom. The van der Waals surface area contributed by atoms with Crippen LogP contribution in [-0.2, 0) is 9.47 Å². The molecular weight excluding hydrogens is 266 g/mol. The SMILES string of the molecule is CCNC(=NCC(OC)C(C)(C)C)NCCCCOCC. The zero-order valence-electron chi connectivity index (χ0n) is 14.8. The number of ether oxygens (including phenoxy) is 2. The minimum atomic E-state index is 0.0903. The maximum atomic E-state index is 5.53. The third kappa shape index (κ3) is 10.5. The first kappa shape index (κ1) is 20.2. The summed E-state index contributed by atoms with van der Waals surface area (Å²) in [5, 5.41) is 6.62. The molecule has 126 valence electrons. The van der Waals surface area contributed by atoms with Gasteiger partial charge in [-0.3, -0.25) is 4.99 Å². The second-order valence-corrected chi connectivity index (χ2v) is 6.14. The summed E-state index contributed by atoms with van der Waals surface area (Å²) in [4.78, 5) is 4.62. The van der Waals surface area contributed by atoms with Crippen molar-refractivity contribution in [2.24, 2.45) is 10.4 Å². The van der Waals surface area contributed by atoms with Crippen LogP contribution in [0.5, 0.6) is 0 Å². The molecule has 0 aliphatic heterocycles. The lowest BCUT2D eigenvalue weighted by molar-refractivity contribution is 0.0241. The standard InChI is InChI=1S/C16H35N3O2/c1-7-17-15(18-11-9-10-12-21-8-2)19-13-14(20-6)16(3,4)5/h14H,7-13H2,1-6H3,(H2,17,18,19). The predicted molar refractivity (Wildman–Crippen MR) is 90.0 cm³/mol. The van der Waals surface area contributed by atoms with E-state index in [1.54, 1.807) is 7.11 Å². The average Bonchev–Trinajstić information content (AvgIpc) is 2.41. The summed E-state index contributed by atoms with van der Waals surface area (Å²) in [6.07, 6.45) is 2.27. The lowest BCUT2D eigenvalue weighted by Gasteiger charge is -2.28. The van der Waals surface area contributed by atoms with Crippen molar-refractivity contribution >= 4 is 5.96 Å². The monoisotopic (exact) mass is 301 g/mol. The third-order valence-electron chi connectivity index (χ3n) is 3.22. The first-order valence-electron chi connectivity index (χ1n) is 8.08. The Morgan fingerprint density at radius 3 is 2.38 bits per heavy atom. The van der Waals surface area contributed by atoms with Crippen LogP contribution in [0.4, 0.5) is 0 Å². The molecule has 0 aromatic rings. The first-order chi connectivity index (χ1) is 9.95. The Kier molecular flexibility index (Phi) is 11.4. The molecule has 5 nitrogen and oxygen atoms in total. The van der Waals surface area contributed by atoms with E-state index in [2.05, 4.69) is 43.3 Å². The van der Waals surface area contributed by atoms with Crippen LogP contribution in [0, 0.1) is 5.41 Å². The number of rotatable bonds is 10. The third-order valence-corrected chi connectivity index (χ3v) is 3.22. The van der Waals surface area contributed by atoms with Crippen LogP contribution in [-0.4, -0.2) is 52.0 Å². The summed E-state index contributed by atoms with van der Waals surface area (Å²) in [5.41, 5.74) is 0.0903. The molecule has 1 atom stereocenters. The van der Waals surface area contributed by atoms with Gasteiger partial charge in [-0.25, -0.2) is 0 Å². The van der Waals surface area contributed by atoms with Gasteiger partial charge in [0.1, 0.15) is 0 Å². The molecule has 0 saturated carbocycles. The summed E-state index contributed by atoms with van der Waals surface area (Å²) in [6, 6.07) is 0. The molecule has 0 spiro atoms. The van der Waals surface area contributed by atoms with E-state index in [-0.39, 0.29) is 11.5 Å². The van der Waals surface area contributed by atoms with Crippen LogP contribution >= 0.6 is 0 Å². The van der Waals surface area contributed by atoms with Gasteiger partial charge in [0, 0.05) is 33.4 Å². The molecule has 0 saturated heterocycles. The van der Waals surface area contributed by atoms with Gasteiger partial charge in [0.15, 0.2) is 5.96 Å². The van der Waals surface area contributed by atoms with Crippen LogP contribution < -0.4 is 10.6 Å².